The van der Waals surface area contributed by atoms with E-state index in [1.807, 2.05) is 0 Å². The molecule has 0 aliphatic heterocycles. The maximum absolute atomic E-state index is 4.72. The Morgan fingerprint density at radius 3 is 2.59 bits per heavy atom. The predicted octanol–water partition coefficient (Wildman–Crippen LogP) is 5.43. The van der Waals surface area contributed by atoms with Gasteiger partial charge in [0, 0.05) is 18.0 Å². The van der Waals surface area contributed by atoms with E-state index in [0.717, 1.165) is 11.3 Å². The summed E-state index contributed by atoms with van der Waals surface area (Å²) in [6, 6.07) is 13.1. The van der Waals surface area contributed by atoms with Crippen molar-refractivity contribution in [2.45, 2.75) is 46.0 Å². The zero-order valence-electron chi connectivity index (χ0n) is 13.5. The first kappa shape index (κ1) is 14.8. The maximum Gasteiger partial charge on any atom is 0.137 e. The Morgan fingerprint density at radius 2 is 1.82 bits per heavy atom. The van der Waals surface area contributed by atoms with Crippen molar-refractivity contribution in [3.63, 3.8) is 0 Å². The predicted molar refractivity (Wildman–Crippen MR) is 93.2 cm³/mol. The Morgan fingerprint density at radius 1 is 1.00 bits per heavy atom. The molecule has 0 aliphatic carbocycles. The molecule has 0 spiro atoms. The molecule has 2 aromatic heterocycles. The number of aromatic nitrogens is 2. The molecule has 3 rings (SSSR count). The molecule has 1 aromatic carbocycles. The highest BCUT2D eigenvalue weighted by Gasteiger charge is 2.04. The van der Waals surface area contributed by atoms with Crippen molar-refractivity contribution in [3.8, 4) is 11.3 Å². The topological polar surface area (TPSA) is 17.3 Å². The molecule has 0 N–H and O–H groups in total. The molecule has 0 aliphatic rings. The Balaban J connectivity index is 1.73. The molecule has 0 fully saturated rings. The largest absolute Gasteiger partial charge is 0.306 e. The summed E-state index contributed by atoms with van der Waals surface area (Å²) in [4.78, 5) is 4.72. The number of imidazole rings is 1. The van der Waals surface area contributed by atoms with Gasteiger partial charge in [-0.05, 0) is 43.0 Å². The zero-order valence-corrected chi connectivity index (χ0v) is 13.5. The quantitative estimate of drug-likeness (QED) is 0.553. The summed E-state index contributed by atoms with van der Waals surface area (Å²) >= 11 is 0. The van der Waals surface area contributed by atoms with Crippen molar-refractivity contribution in [2.75, 3.05) is 0 Å². The molecule has 2 heteroatoms. The molecule has 22 heavy (non-hydrogen) atoms. The normalized spacial score (nSPS) is 11.2. The molecule has 0 unspecified atom stereocenters. The number of pyridine rings is 1. The van der Waals surface area contributed by atoms with E-state index >= 15 is 0 Å². The molecule has 0 atom stereocenters. The molecular formula is C20H24N2. The fourth-order valence-corrected chi connectivity index (χ4v) is 2.82. The van der Waals surface area contributed by atoms with Crippen LogP contribution >= 0.6 is 0 Å². The molecule has 114 valence electrons. The highest BCUT2D eigenvalue weighted by atomic mass is 15.0. The number of benzene rings is 1. The minimum absolute atomic E-state index is 1.01. The molecule has 0 saturated carbocycles. The fraction of sp³-hybridized carbons (Fsp3) is 0.350. The summed E-state index contributed by atoms with van der Waals surface area (Å²) in [5.41, 5.74) is 5.92. The van der Waals surface area contributed by atoms with Crippen molar-refractivity contribution < 1.29 is 0 Å². The number of hydrogen-bond acceptors (Lipinski definition) is 1. The van der Waals surface area contributed by atoms with Gasteiger partial charge in [-0.2, -0.15) is 0 Å². The van der Waals surface area contributed by atoms with Gasteiger partial charge in [0.15, 0.2) is 0 Å². The minimum atomic E-state index is 1.01. The molecule has 0 radical (unpaired) electrons. The van der Waals surface area contributed by atoms with Gasteiger partial charge in [-0.1, -0.05) is 50.5 Å². The Kier molecular flexibility index (Phi) is 4.57. The van der Waals surface area contributed by atoms with Crippen molar-refractivity contribution in [1.29, 1.82) is 0 Å². The van der Waals surface area contributed by atoms with E-state index in [0.29, 0.717) is 0 Å². The Bertz CT molecular complexity index is 738. The van der Waals surface area contributed by atoms with Gasteiger partial charge in [0.05, 0.1) is 5.69 Å². The third-order valence-corrected chi connectivity index (χ3v) is 4.18. The lowest BCUT2D eigenvalue weighted by Crippen LogP contribution is -1.86. The van der Waals surface area contributed by atoms with Crippen LogP contribution in [0.25, 0.3) is 16.9 Å². The van der Waals surface area contributed by atoms with Gasteiger partial charge in [0.1, 0.15) is 5.65 Å². The summed E-state index contributed by atoms with van der Waals surface area (Å²) in [5.74, 6) is 0. The van der Waals surface area contributed by atoms with Gasteiger partial charge in [0.2, 0.25) is 0 Å². The lowest BCUT2D eigenvalue weighted by molar-refractivity contribution is 0.667. The van der Waals surface area contributed by atoms with E-state index in [1.54, 1.807) is 0 Å². The first-order chi connectivity index (χ1) is 10.8. The number of rotatable bonds is 6. The van der Waals surface area contributed by atoms with Crippen LogP contribution in [0.3, 0.4) is 0 Å². The smallest absolute Gasteiger partial charge is 0.137 e. The second-order valence-electron chi connectivity index (χ2n) is 6.10. The first-order valence-electron chi connectivity index (χ1n) is 8.31. The summed E-state index contributed by atoms with van der Waals surface area (Å²) in [6.45, 7) is 4.35. The number of nitrogens with zero attached hydrogens (tertiary/aromatic N) is 2. The standard InChI is InChI=1S/C20H24N2/c1-3-4-5-6-7-17-8-10-18(11-9-17)19-15-22-13-12-16(2)14-20(22)21-19/h8-15H,3-7H2,1-2H3. The fourth-order valence-electron chi connectivity index (χ4n) is 2.82. The summed E-state index contributed by atoms with van der Waals surface area (Å²) in [7, 11) is 0. The first-order valence-corrected chi connectivity index (χ1v) is 8.31. The monoisotopic (exact) mass is 292 g/mol. The van der Waals surface area contributed by atoms with Crippen LogP contribution in [-0.4, -0.2) is 9.38 Å². The average molecular weight is 292 g/mol. The van der Waals surface area contributed by atoms with Crippen LogP contribution in [0.5, 0.6) is 0 Å². The van der Waals surface area contributed by atoms with E-state index < -0.39 is 0 Å². The van der Waals surface area contributed by atoms with Crippen molar-refractivity contribution in [3.05, 3.63) is 59.9 Å². The van der Waals surface area contributed by atoms with Gasteiger partial charge >= 0.3 is 0 Å². The lowest BCUT2D eigenvalue weighted by atomic mass is 10.0. The highest BCUT2D eigenvalue weighted by Crippen LogP contribution is 2.21. The van der Waals surface area contributed by atoms with E-state index in [1.165, 1.54) is 48.8 Å². The van der Waals surface area contributed by atoms with Crippen LogP contribution in [0.1, 0.15) is 43.7 Å². The van der Waals surface area contributed by atoms with Gasteiger partial charge in [-0.3, -0.25) is 0 Å². The second kappa shape index (κ2) is 6.78. The summed E-state index contributed by atoms with van der Waals surface area (Å²) in [6.07, 6.45) is 10.6. The molecule has 2 heterocycles. The number of unbranched alkanes of at least 4 members (excludes halogenated alkanes) is 3. The van der Waals surface area contributed by atoms with Crippen molar-refractivity contribution >= 4 is 5.65 Å². The molecule has 0 saturated heterocycles. The average Bonchev–Trinajstić information content (AvgIpc) is 2.95. The van der Waals surface area contributed by atoms with Gasteiger partial charge in [-0.15, -0.1) is 0 Å². The van der Waals surface area contributed by atoms with Gasteiger partial charge < -0.3 is 4.40 Å². The maximum atomic E-state index is 4.72. The van der Waals surface area contributed by atoms with Gasteiger partial charge in [0.25, 0.3) is 0 Å². The summed E-state index contributed by atoms with van der Waals surface area (Å²) < 4.78 is 2.08. The number of aryl methyl sites for hydroxylation is 2. The summed E-state index contributed by atoms with van der Waals surface area (Å²) in [5, 5.41) is 0. The third-order valence-electron chi connectivity index (χ3n) is 4.18. The van der Waals surface area contributed by atoms with Crippen molar-refractivity contribution in [2.24, 2.45) is 0 Å². The lowest BCUT2D eigenvalue weighted by Gasteiger charge is -2.02. The number of hydrogen-bond donors (Lipinski definition) is 0. The van der Waals surface area contributed by atoms with Crippen LogP contribution in [0, 0.1) is 6.92 Å². The van der Waals surface area contributed by atoms with Crippen LogP contribution in [0.4, 0.5) is 0 Å². The third kappa shape index (κ3) is 3.38. The van der Waals surface area contributed by atoms with Gasteiger partial charge in [-0.25, -0.2) is 4.98 Å². The van der Waals surface area contributed by atoms with E-state index in [4.69, 9.17) is 4.98 Å². The van der Waals surface area contributed by atoms with Crippen LogP contribution in [0.15, 0.2) is 48.8 Å². The van der Waals surface area contributed by atoms with E-state index in [2.05, 4.69) is 67.0 Å². The minimum Gasteiger partial charge on any atom is -0.306 e. The van der Waals surface area contributed by atoms with E-state index in [-0.39, 0.29) is 0 Å². The van der Waals surface area contributed by atoms with Crippen molar-refractivity contribution in [1.82, 2.24) is 9.38 Å². The molecule has 0 amide bonds. The molecule has 3 aromatic rings. The zero-order chi connectivity index (χ0) is 15.4. The highest BCUT2D eigenvalue weighted by molar-refractivity contribution is 5.63. The van der Waals surface area contributed by atoms with Crippen LogP contribution in [0.2, 0.25) is 0 Å². The number of fused-ring (bicyclic) bond motifs is 1. The molecule has 0 bridgehead atoms. The molecular weight excluding hydrogens is 268 g/mol. The molecule has 2 nitrogen and oxygen atoms in total. The second-order valence-corrected chi connectivity index (χ2v) is 6.10. The Labute approximate surface area is 132 Å². The SMILES string of the molecule is CCCCCCc1ccc(-c2cn3ccc(C)cc3n2)cc1. The van der Waals surface area contributed by atoms with Crippen LogP contribution in [-0.2, 0) is 6.42 Å². The van der Waals surface area contributed by atoms with E-state index in [9.17, 15) is 0 Å². The Hall–Kier alpha value is -2.09. The van der Waals surface area contributed by atoms with Crippen LogP contribution < -0.4 is 0 Å².